The molecule has 0 radical (unpaired) electrons. The van der Waals surface area contributed by atoms with Crippen LogP contribution in [0.15, 0.2) is 17.9 Å². The summed E-state index contributed by atoms with van der Waals surface area (Å²) in [6, 6.07) is 0. The van der Waals surface area contributed by atoms with Crippen LogP contribution in [0.25, 0.3) is 0 Å². The summed E-state index contributed by atoms with van der Waals surface area (Å²) in [5.74, 6) is -0.404. The molecule has 0 heterocycles. The second-order valence-corrected chi connectivity index (χ2v) is 2.41. The first-order valence-electron chi connectivity index (χ1n) is 4.36. The van der Waals surface area contributed by atoms with E-state index in [0.29, 0.717) is 18.8 Å². The van der Waals surface area contributed by atoms with E-state index in [-0.39, 0.29) is 6.10 Å². The quantitative estimate of drug-likeness (QED) is 0.370. The summed E-state index contributed by atoms with van der Waals surface area (Å²) in [4.78, 5) is 11.2. The fourth-order valence-corrected chi connectivity index (χ4v) is 0.924. The van der Waals surface area contributed by atoms with E-state index < -0.39 is 5.97 Å². The predicted octanol–water partition coefficient (Wildman–Crippen LogP) is 1.69. The summed E-state index contributed by atoms with van der Waals surface area (Å²) in [6.45, 7) is 9.71. The lowest BCUT2D eigenvalue weighted by atomic mass is 10.2. The highest BCUT2D eigenvalue weighted by Gasteiger charge is 2.17. The molecule has 0 aromatic rings. The minimum Gasteiger partial charge on any atom is -0.462 e. The average molecular weight is 184 g/mol. The van der Waals surface area contributed by atoms with Gasteiger partial charge in [-0.15, -0.1) is 5.73 Å². The summed E-state index contributed by atoms with van der Waals surface area (Å²) in [5, 5.41) is 0. The normalized spacial score (nSPS) is 11.6. The molecule has 0 rings (SSSR count). The van der Waals surface area contributed by atoms with E-state index in [0.717, 1.165) is 0 Å². The largest absolute Gasteiger partial charge is 0.462 e. The summed E-state index contributed by atoms with van der Waals surface area (Å²) in [6.07, 6.45) is -0.304. The van der Waals surface area contributed by atoms with E-state index in [1.165, 1.54) is 0 Å². The Balaban J connectivity index is 4.34. The van der Waals surface area contributed by atoms with Gasteiger partial charge in [0.25, 0.3) is 0 Å². The van der Waals surface area contributed by atoms with Crippen LogP contribution in [0.1, 0.15) is 20.8 Å². The Morgan fingerprint density at radius 3 is 2.46 bits per heavy atom. The van der Waals surface area contributed by atoms with Crippen LogP contribution in [0.3, 0.4) is 0 Å². The molecule has 0 aliphatic carbocycles. The lowest BCUT2D eigenvalue weighted by molar-refractivity contribution is -0.139. The highest BCUT2D eigenvalue weighted by Crippen LogP contribution is 2.06. The van der Waals surface area contributed by atoms with E-state index >= 15 is 0 Å². The number of hydrogen-bond donors (Lipinski definition) is 0. The van der Waals surface area contributed by atoms with E-state index in [2.05, 4.69) is 12.3 Å². The van der Waals surface area contributed by atoms with Crippen LogP contribution in [0, 0.1) is 0 Å². The van der Waals surface area contributed by atoms with Gasteiger partial charge in [-0.05, 0) is 20.8 Å². The second kappa shape index (κ2) is 6.46. The fraction of sp³-hybridized carbons (Fsp3) is 0.600. The van der Waals surface area contributed by atoms with Crippen molar-refractivity contribution in [3.8, 4) is 0 Å². The average Bonchev–Trinajstić information content (AvgIpc) is 2.06. The zero-order valence-corrected chi connectivity index (χ0v) is 8.42. The Hall–Kier alpha value is -1.05. The molecule has 0 N–H and O–H groups in total. The lowest BCUT2D eigenvalue weighted by Crippen LogP contribution is -2.20. The first kappa shape index (κ1) is 11.9. The van der Waals surface area contributed by atoms with Crippen LogP contribution in [-0.4, -0.2) is 25.3 Å². The molecule has 0 aliphatic heterocycles. The van der Waals surface area contributed by atoms with Crippen molar-refractivity contribution in [2.45, 2.75) is 26.9 Å². The van der Waals surface area contributed by atoms with Crippen molar-refractivity contribution >= 4 is 5.97 Å². The SMILES string of the molecule is C=C=C(C(=O)OCC)C(C)OCC. The van der Waals surface area contributed by atoms with E-state index in [1.807, 2.05) is 6.92 Å². The Kier molecular flexibility index (Phi) is 5.94. The van der Waals surface area contributed by atoms with Gasteiger partial charge in [0.05, 0.1) is 12.7 Å². The Morgan fingerprint density at radius 1 is 1.46 bits per heavy atom. The molecule has 0 bridgehead atoms. The molecular formula is C10H16O3. The maximum Gasteiger partial charge on any atom is 0.344 e. The monoisotopic (exact) mass is 184 g/mol. The van der Waals surface area contributed by atoms with Crippen molar-refractivity contribution in [1.82, 2.24) is 0 Å². The Bertz CT molecular complexity index is 214. The molecular weight excluding hydrogens is 168 g/mol. The maximum absolute atomic E-state index is 11.2. The third-order valence-corrected chi connectivity index (χ3v) is 1.51. The van der Waals surface area contributed by atoms with Gasteiger partial charge in [-0.3, -0.25) is 0 Å². The molecule has 3 nitrogen and oxygen atoms in total. The van der Waals surface area contributed by atoms with Crippen LogP contribution in [0.5, 0.6) is 0 Å². The van der Waals surface area contributed by atoms with Crippen LogP contribution in [0.2, 0.25) is 0 Å². The number of ether oxygens (including phenoxy) is 2. The minimum absolute atomic E-state index is 0.304. The number of carbonyl (C=O) groups is 1. The van der Waals surface area contributed by atoms with Crippen LogP contribution < -0.4 is 0 Å². The van der Waals surface area contributed by atoms with Crippen LogP contribution in [-0.2, 0) is 14.3 Å². The number of hydrogen-bond acceptors (Lipinski definition) is 3. The standard InChI is InChI=1S/C10H16O3/c1-5-9(8(4)12-6-2)10(11)13-7-3/h8H,1,6-7H2,2-4H3. The van der Waals surface area contributed by atoms with Crippen molar-refractivity contribution in [3.05, 3.63) is 17.9 Å². The zero-order valence-electron chi connectivity index (χ0n) is 8.42. The van der Waals surface area contributed by atoms with Gasteiger partial charge in [0.1, 0.15) is 5.57 Å². The van der Waals surface area contributed by atoms with Gasteiger partial charge < -0.3 is 9.47 Å². The Morgan fingerprint density at radius 2 is 2.08 bits per heavy atom. The highest BCUT2D eigenvalue weighted by molar-refractivity contribution is 5.89. The molecule has 3 heteroatoms. The van der Waals surface area contributed by atoms with Gasteiger partial charge >= 0.3 is 5.97 Å². The molecule has 0 fully saturated rings. The topological polar surface area (TPSA) is 35.5 Å². The second-order valence-electron chi connectivity index (χ2n) is 2.41. The smallest absolute Gasteiger partial charge is 0.344 e. The first-order chi connectivity index (χ1) is 6.17. The van der Waals surface area contributed by atoms with Gasteiger partial charge in [-0.25, -0.2) is 4.79 Å². The molecule has 0 spiro atoms. The fourth-order valence-electron chi connectivity index (χ4n) is 0.924. The summed E-state index contributed by atoms with van der Waals surface area (Å²) < 4.78 is 10.0. The molecule has 1 atom stereocenters. The first-order valence-corrected chi connectivity index (χ1v) is 4.36. The Labute approximate surface area is 79.0 Å². The van der Waals surface area contributed by atoms with Gasteiger partial charge in [-0.2, -0.15) is 0 Å². The van der Waals surface area contributed by atoms with Gasteiger partial charge in [0.2, 0.25) is 0 Å². The number of carbonyl (C=O) groups excluding carboxylic acids is 1. The third-order valence-electron chi connectivity index (χ3n) is 1.51. The van der Waals surface area contributed by atoms with Crippen LogP contribution in [0.4, 0.5) is 0 Å². The zero-order chi connectivity index (χ0) is 10.3. The minimum atomic E-state index is -0.404. The number of esters is 1. The molecule has 74 valence electrons. The molecule has 0 aliphatic rings. The maximum atomic E-state index is 11.2. The number of rotatable bonds is 5. The molecule has 0 aromatic heterocycles. The molecule has 0 saturated heterocycles. The summed E-state index contributed by atoms with van der Waals surface area (Å²) >= 11 is 0. The molecule has 0 saturated carbocycles. The molecule has 0 aromatic carbocycles. The van der Waals surface area contributed by atoms with Crippen molar-refractivity contribution < 1.29 is 14.3 Å². The molecule has 1 unspecified atom stereocenters. The molecule has 0 amide bonds. The van der Waals surface area contributed by atoms with E-state index in [4.69, 9.17) is 9.47 Å². The van der Waals surface area contributed by atoms with E-state index in [9.17, 15) is 4.79 Å². The van der Waals surface area contributed by atoms with Gasteiger partial charge in [-0.1, -0.05) is 6.58 Å². The van der Waals surface area contributed by atoms with E-state index in [1.54, 1.807) is 13.8 Å². The van der Waals surface area contributed by atoms with Crippen molar-refractivity contribution in [1.29, 1.82) is 0 Å². The predicted molar refractivity (Wildman–Crippen MR) is 50.4 cm³/mol. The highest BCUT2D eigenvalue weighted by atomic mass is 16.5. The van der Waals surface area contributed by atoms with Crippen molar-refractivity contribution in [2.24, 2.45) is 0 Å². The van der Waals surface area contributed by atoms with Crippen molar-refractivity contribution in [2.75, 3.05) is 13.2 Å². The summed E-state index contributed by atoms with van der Waals surface area (Å²) in [5.41, 5.74) is 2.89. The lowest BCUT2D eigenvalue weighted by Gasteiger charge is -2.12. The van der Waals surface area contributed by atoms with Gasteiger partial charge in [0, 0.05) is 6.61 Å². The van der Waals surface area contributed by atoms with Crippen LogP contribution >= 0.6 is 0 Å². The molecule has 13 heavy (non-hydrogen) atoms. The van der Waals surface area contributed by atoms with Crippen molar-refractivity contribution in [3.63, 3.8) is 0 Å². The third kappa shape index (κ3) is 3.92. The van der Waals surface area contributed by atoms with Gasteiger partial charge in [0.15, 0.2) is 0 Å². The summed E-state index contributed by atoms with van der Waals surface area (Å²) in [7, 11) is 0.